The molecule has 134 valence electrons. The van der Waals surface area contributed by atoms with Crippen LogP contribution in [-0.2, 0) is 9.53 Å². The predicted octanol–water partition coefficient (Wildman–Crippen LogP) is 3.51. The molecule has 0 aliphatic heterocycles. The summed E-state index contributed by atoms with van der Waals surface area (Å²) in [5.41, 5.74) is 0.0810. The fourth-order valence-electron chi connectivity index (χ4n) is 2.22. The highest BCUT2D eigenvalue weighted by Crippen LogP contribution is 2.33. The molecular formula is C17H18ClFN2O4. The van der Waals surface area contributed by atoms with Crippen molar-refractivity contribution in [2.24, 2.45) is 0 Å². The third kappa shape index (κ3) is 4.57. The van der Waals surface area contributed by atoms with Gasteiger partial charge in [0.05, 0.1) is 23.1 Å². The Morgan fingerprint density at radius 1 is 1.40 bits per heavy atom. The number of hydrogen-bond donors (Lipinski definition) is 1. The van der Waals surface area contributed by atoms with E-state index in [1.54, 1.807) is 13.8 Å². The van der Waals surface area contributed by atoms with Crippen molar-refractivity contribution < 1.29 is 23.2 Å². The van der Waals surface area contributed by atoms with E-state index in [1.165, 1.54) is 25.1 Å². The topological polar surface area (TPSA) is 81.4 Å². The Morgan fingerprint density at radius 2 is 2.12 bits per heavy atom. The van der Waals surface area contributed by atoms with Crippen molar-refractivity contribution >= 4 is 23.5 Å². The van der Waals surface area contributed by atoms with Gasteiger partial charge in [-0.05, 0) is 32.9 Å². The minimum atomic E-state index is -0.615. The predicted molar refractivity (Wildman–Crippen MR) is 89.8 cm³/mol. The van der Waals surface area contributed by atoms with Gasteiger partial charge in [0.15, 0.2) is 0 Å². The summed E-state index contributed by atoms with van der Waals surface area (Å²) in [6.07, 6.45) is -0.206. The van der Waals surface area contributed by atoms with Crippen LogP contribution in [0.2, 0.25) is 5.02 Å². The summed E-state index contributed by atoms with van der Waals surface area (Å²) in [6, 6.07) is 4.16. The number of carbonyl (C=O) groups excluding carboxylic acids is 2. The maximum absolute atomic E-state index is 14.1. The van der Waals surface area contributed by atoms with Crippen LogP contribution in [0.5, 0.6) is 0 Å². The van der Waals surface area contributed by atoms with Gasteiger partial charge in [-0.25, -0.2) is 4.39 Å². The Kier molecular flexibility index (Phi) is 6.14. The fraction of sp³-hybridized carbons (Fsp3) is 0.353. The highest BCUT2D eigenvalue weighted by Gasteiger charge is 2.25. The summed E-state index contributed by atoms with van der Waals surface area (Å²) in [5, 5.41) is 6.45. The van der Waals surface area contributed by atoms with Gasteiger partial charge >= 0.3 is 5.97 Å². The number of ether oxygens (including phenoxy) is 1. The Hall–Kier alpha value is -2.41. The van der Waals surface area contributed by atoms with Crippen LogP contribution >= 0.6 is 11.6 Å². The number of rotatable bonds is 6. The number of nitrogens with one attached hydrogen (secondary N) is 1. The van der Waals surface area contributed by atoms with Crippen LogP contribution in [0.3, 0.4) is 0 Å². The fourth-order valence-corrected chi connectivity index (χ4v) is 2.48. The summed E-state index contributed by atoms with van der Waals surface area (Å²) in [6.45, 7) is 5.08. The Balaban J connectivity index is 2.16. The van der Waals surface area contributed by atoms with Gasteiger partial charge in [-0.15, -0.1) is 0 Å². The molecule has 1 aromatic heterocycles. The zero-order valence-electron chi connectivity index (χ0n) is 14.1. The highest BCUT2D eigenvalue weighted by molar-refractivity contribution is 6.33. The SMILES string of the molecule is Cc1onc(-c2c(F)cccc2Cl)c1C(=O)NCCC(=O)OC(C)C. The second-order valence-corrected chi connectivity index (χ2v) is 6.01. The number of hydrogen-bond acceptors (Lipinski definition) is 5. The normalized spacial score (nSPS) is 10.8. The lowest BCUT2D eigenvalue weighted by molar-refractivity contribution is -0.147. The molecule has 2 aromatic rings. The second kappa shape index (κ2) is 8.11. The van der Waals surface area contributed by atoms with Crippen molar-refractivity contribution in [1.82, 2.24) is 10.5 Å². The lowest BCUT2D eigenvalue weighted by atomic mass is 10.0. The Morgan fingerprint density at radius 3 is 2.76 bits per heavy atom. The average molecular weight is 369 g/mol. The molecule has 0 spiro atoms. The van der Waals surface area contributed by atoms with Crippen molar-refractivity contribution in [1.29, 1.82) is 0 Å². The molecule has 0 fully saturated rings. The number of carbonyl (C=O) groups is 2. The van der Waals surface area contributed by atoms with Crippen LogP contribution in [0.15, 0.2) is 22.7 Å². The largest absolute Gasteiger partial charge is 0.463 e. The molecule has 1 aromatic carbocycles. The third-order valence-electron chi connectivity index (χ3n) is 3.27. The molecule has 0 unspecified atom stereocenters. The molecule has 0 aliphatic carbocycles. The van der Waals surface area contributed by atoms with Crippen molar-refractivity contribution in [2.75, 3.05) is 6.54 Å². The van der Waals surface area contributed by atoms with E-state index in [0.29, 0.717) is 0 Å². The highest BCUT2D eigenvalue weighted by atomic mass is 35.5. The van der Waals surface area contributed by atoms with Crippen LogP contribution in [-0.4, -0.2) is 29.7 Å². The van der Waals surface area contributed by atoms with Gasteiger partial charge in [-0.2, -0.15) is 0 Å². The maximum Gasteiger partial charge on any atom is 0.307 e. The van der Waals surface area contributed by atoms with Crippen molar-refractivity contribution in [3.63, 3.8) is 0 Å². The number of halogens is 2. The molecule has 0 atom stereocenters. The van der Waals surface area contributed by atoms with Crippen LogP contribution in [0.4, 0.5) is 4.39 Å². The molecule has 0 bridgehead atoms. The number of amides is 1. The molecule has 0 saturated carbocycles. The van der Waals surface area contributed by atoms with E-state index in [9.17, 15) is 14.0 Å². The van der Waals surface area contributed by atoms with Gasteiger partial charge in [0.1, 0.15) is 22.8 Å². The third-order valence-corrected chi connectivity index (χ3v) is 3.59. The Bertz CT molecular complexity index is 769. The van der Waals surface area contributed by atoms with E-state index in [0.717, 1.165) is 0 Å². The molecule has 0 aliphatic rings. The summed E-state index contributed by atoms with van der Waals surface area (Å²) in [5.74, 6) is -1.35. The first-order valence-corrected chi connectivity index (χ1v) is 8.07. The number of aromatic nitrogens is 1. The quantitative estimate of drug-likeness (QED) is 0.789. The van der Waals surface area contributed by atoms with Crippen molar-refractivity contribution in [3.8, 4) is 11.3 Å². The second-order valence-electron chi connectivity index (χ2n) is 5.60. The number of benzene rings is 1. The number of esters is 1. The van der Waals surface area contributed by atoms with Crippen molar-refractivity contribution in [3.05, 3.63) is 40.4 Å². The van der Waals surface area contributed by atoms with E-state index in [-0.39, 0.29) is 46.7 Å². The minimum Gasteiger partial charge on any atom is -0.463 e. The zero-order chi connectivity index (χ0) is 18.6. The number of nitrogens with zero attached hydrogens (tertiary/aromatic N) is 1. The van der Waals surface area contributed by atoms with Gasteiger partial charge in [0.2, 0.25) is 0 Å². The van der Waals surface area contributed by atoms with Gasteiger partial charge in [0.25, 0.3) is 5.91 Å². The monoisotopic (exact) mass is 368 g/mol. The van der Waals surface area contributed by atoms with Crippen LogP contribution in [0, 0.1) is 12.7 Å². The molecule has 0 radical (unpaired) electrons. The molecule has 25 heavy (non-hydrogen) atoms. The van der Waals surface area contributed by atoms with E-state index >= 15 is 0 Å². The van der Waals surface area contributed by atoms with E-state index < -0.39 is 17.7 Å². The number of aryl methyl sites for hydroxylation is 1. The molecule has 1 heterocycles. The summed E-state index contributed by atoms with van der Waals surface area (Å²) < 4.78 is 24.1. The molecule has 1 amide bonds. The van der Waals surface area contributed by atoms with E-state index in [4.69, 9.17) is 20.9 Å². The first kappa shape index (κ1) is 18.9. The maximum atomic E-state index is 14.1. The molecular weight excluding hydrogens is 351 g/mol. The van der Waals surface area contributed by atoms with Crippen LogP contribution < -0.4 is 5.32 Å². The minimum absolute atomic E-state index is 0.00890. The zero-order valence-corrected chi connectivity index (χ0v) is 14.8. The smallest absolute Gasteiger partial charge is 0.307 e. The summed E-state index contributed by atoms with van der Waals surface area (Å²) in [4.78, 5) is 23.9. The standard InChI is InChI=1S/C17H18ClFN2O4/c1-9(2)24-13(22)7-8-20-17(23)14-10(3)25-21-16(14)15-11(18)5-4-6-12(15)19/h4-6,9H,7-8H2,1-3H3,(H,20,23). The molecule has 0 saturated heterocycles. The van der Waals surface area contributed by atoms with Gasteiger partial charge < -0.3 is 14.6 Å². The average Bonchev–Trinajstić information content (AvgIpc) is 2.88. The molecule has 6 nitrogen and oxygen atoms in total. The lowest BCUT2D eigenvalue weighted by Gasteiger charge is -2.09. The van der Waals surface area contributed by atoms with Gasteiger partial charge in [-0.1, -0.05) is 22.8 Å². The van der Waals surface area contributed by atoms with E-state index in [1.807, 2.05) is 0 Å². The van der Waals surface area contributed by atoms with Gasteiger partial charge in [0, 0.05) is 6.54 Å². The molecule has 8 heteroatoms. The van der Waals surface area contributed by atoms with Crippen LogP contribution in [0.1, 0.15) is 36.4 Å². The lowest BCUT2D eigenvalue weighted by Crippen LogP contribution is -2.27. The summed E-state index contributed by atoms with van der Waals surface area (Å²) >= 11 is 6.03. The Labute approximate surface area is 149 Å². The van der Waals surface area contributed by atoms with Gasteiger partial charge in [-0.3, -0.25) is 9.59 Å². The first-order chi connectivity index (χ1) is 11.8. The van der Waals surface area contributed by atoms with Crippen LogP contribution in [0.25, 0.3) is 11.3 Å². The molecule has 2 rings (SSSR count). The van der Waals surface area contributed by atoms with E-state index in [2.05, 4.69) is 10.5 Å². The summed E-state index contributed by atoms with van der Waals surface area (Å²) in [7, 11) is 0. The molecule has 1 N–H and O–H groups in total. The first-order valence-electron chi connectivity index (χ1n) is 7.69. The van der Waals surface area contributed by atoms with Crippen molar-refractivity contribution in [2.45, 2.75) is 33.3 Å².